The molecule has 8 heteroatoms. The third-order valence-corrected chi connectivity index (χ3v) is 5.20. The van der Waals surface area contributed by atoms with E-state index in [0.717, 1.165) is 29.1 Å². The number of amides is 3. The summed E-state index contributed by atoms with van der Waals surface area (Å²) in [6.45, 7) is 1.57. The van der Waals surface area contributed by atoms with Crippen molar-refractivity contribution >= 4 is 23.3 Å². The molecule has 0 bridgehead atoms. The van der Waals surface area contributed by atoms with Gasteiger partial charge in [-0.2, -0.15) is 0 Å². The summed E-state index contributed by atoms with van der Waals surface area (Å²) in [6.07, 6.45) is 5.77. The monoisotopic (exact) mass is 359 g/mol. The summed E-state index contributed by atoms with van der Waals surface area (Å²) in [5.74, 6) is -0.195. The van der Waals surface area contributed by atoms with Gasteiger partial charge in [-0.25, -0.2) is 9.78 Å². The Kier molecular flexibility index (Phi) is 5.60. The molecule has 1 aliphatic heterocycles. The highest BCUT2D eigenvalue weighted by atomic mass is 32.1. The average Bonchev–Trinajstić information content (AvgIpc) is 3.11. The Balaban J connectivity index is 1.47. The van der Waals surface area contributed by atoms with Gasteiger partial charge < -0.3 is 16.0 Å². The van der Waals surface area contributed by atoms with Crippen molar-refractivity contribution in [2.75, 3.05) is 19.6 Å². The number of carbonyl (C=O) groups excluding carboxylic acids is 2. The molecule has 0 saturated carbocycles. The molecule has 0 aliphatic carbocycles. The predicted molar refractivity (Wildman–Crippen MR) is 95.9 cm³/mol. The second kappa shape index (κ2) is 8.06. The van der Waals surface area contributed by atoms with Crippen molar-refractivity contribution in [2.45, 2.75) is 19.3 Å². The van der Waals surface area contributed by atoms with E-state index in [0.29, 0.717) is 26.1 Å². The van der Waals surface area contributed by atoms with E-state index in [9.17, 15) is 9.59 Å². The van der Waals surface area contributed by atoms with Gasteiger partial charge in [0.2, 0.25) is 5.91 Å². The van der Waals surface area contributed by atoms with E-state index in [2.05, 4.69) is 15.3 Å². The fraction of sp³-hybridized carbons (Fsp3) is 0.412. The van der Waals surface area contributed by atoms with Gasteiger partial charge in [-0.1, -0.05) is 0 Å². The minimum absolute atomic E-state index is 0.0180. The highest BCUT2D eigenvalue weighted by molar-refractivity contribution is 7.13. The number of likely N-dealkylation sites (tertiary alicyclic amines) is 1. The number of hydrogen-bond donors (Lipinski definition) is 2. The Bertz CT molecular complexity index is 734. The zero-order chi connectivity index (χ0) is 17.6. The molecule has 1 fully saturated rings. The Morgan fingerprint density at radius 1 is 1.36 bits per heavy atom. The van der Waals surface area contributed by atoms with Crippen LogP contribution in [0, 0.1) is 5.92 Å². The van der Waals surface area contributed by atoms with Gasteiger partial charge in [0.05, 0.1) is 11.6 Å². The molecule has 0 spiro atoms. The van der Waals surface area contributed by atoms with Crippen molar-refractivity contribution < 1.29 is 9.59 Å². The lowest BCUT2D eigenvalue weighted by Gasteiger charge is -2.30. The number of pyridine rings is 1. The highest BCUT2D eigenvalue weighted by Gasteiger charge is 2.27. The Morgan fingerprint density at radius 3 is 2.92 bits per heavy atom. The van der Waals surface area contributed by atoms with Gasteiger partial charge in [0, 0.05) is 49.4 Å². The number of urea groups is 1. The van der Waals surface area contributed by atoms with Crippen molar-refractivity contribution in [1.82, 2.24) is 20.2 Å². The average molecular weight is 359 g/mol. The number of thiazole rings is 1. The predicted octanol–water partition coefficient (Wildman–Crippen LogP) is 1.65. The van der Waals surface area contributed by atoms with Crippen LogP contribution in [0.3, 0.4) is 0 Å². The van der Waals surface area contributed by atoms with Crippen molar-refractivity contribution in [3.8, 4) is 10.6 Å². The maximum atomic E-state index is 12.3. The van der Waals surface area contributed by atoms with Crippen molar-refractivity contribution in [3.63, 3.8) is 0 Å². The Hall–Kier alpha value is -2.48. The second-order valence-electron chi connectivity index (χ2n) is 6.04. The number of piperidine rings is 1. The standard InChI is InChI=1S/C17H21N5O2S/c18-17(24)22-9-1-2-13(10-22)15(23)20-8-5-14-11-25-16(21-14)12-3-6-19-7-4-12/h3-4,6-7,11,13H,1-2,5,8-10H2,(H2,18,24)(H,20,23)/t13-/m1/s1. The van der Waals surface area contributed by atoms with Crippen molar-refractivity contribution in [2.24, 2.45) is 11.7 Å². The van der Waals surface area contributed by atoms with Gasteiger partial charge in [0.25, 0.3) is 0 Å². The molecule has 2 aromatic heterocycles. The zero-order valence-electron chi connectivity index (χ0n) is 13.9. The van der Waals surface area contributed by atoms with Crippen LogP contribution in [0.4, 0.5) is 4.79 Å². The zero-order valence-corrected chi connectivity index (χ0v) is 14.7. The summed E-state index contributed by atoms with van der Waals surface area (Å²) in [5.41, 5.74) is 7.30. The quantitative estimate of drug-likeness (QED) is 0.847. The van der Waals surface area contributed by atoms with Crippen LogP contribution >= 0.6 is 11.3 Å². The summed E-state index contributed by atoms with van der Waals surface area (Å²) in [5, 5.41) is 5.91. The summed E-state index contributed by atoms with van der Waals surface area (Å²) >= 11 is 1.58. The molecule has 3 heterocycles. The number of rotatable bonds is 5. The third-order valence-electron chi connectivity index (χ3n) is 4.26. The van der Waals surface area contributed by atoms with Crippen LogP contribution in [-0.4, -0.2) is 46.4 Å². The molecule has 1 aliphatic rings. The first kappa shape index (κ1) is 17.3. The molecule has 1 saturated heterocycles. The highest BCUT2D eigenvalue weighted by Crippen LogP contribution is 2.23. The van der Waals surface area contributed by atoms with E-state index < -0.39 is 6.03 Å². The van der Waals surface area contributed by atoms with E-state index in [1.807, 2.05) is 17.5 Å². The number of primary amides is 1. The molecule has 0 aromatic carbocycles. The lowest BCUT2D eigenvalue weighted by molar-refractivity contribution is -0.126. The lowest BCUT2D eigenvalue weighted by atomic mass is 9.97. The molecule has 0 radical (unpaired) electrons. The van der Waals surface area contributed by atoms with Crippen LogP contribution in [0.15, 0.2) is 29.9 Å². The number of nitrogens with two attached hydrogens (primary N) is 1. The second-order valence-corrected chi connectivity index (χ2v) is 6.90. The molecular formula is C17H21N5O2S. The summed E-state index contributed by atoms with van der Waals surface area (Å²) < 4.78 is 0. The minimum atomic E-state index is -0.455. The molecule has 3 N–H and O–H groups in total. The topological polar surface area (TPSA) is 101 Å². The van der Waals surface area contributed by atoms with Crippen LogP contribution in [0.5, 0.6) is 0 Å². The summed E-state index contributed by atoms with van der Waals surface area (Å²) in [6, 6.07) is 3.40. The smallest absolute Gasteiger partial charge is 0.314 e. The minimum Gasteiger partial charge on any atom is -0.355 e. The molecule has 3 rings (SSSR count). The first-order valence-electron chi connectivity index (χ1n) is 8.30. The molecular weight excluding hydrogens is 338 g/mol. The first-order chi connectivity index (χ1) is 12.1. The van der Waals surface area contributed by atoms with Gasteiger partial charge in [-0.15, -0.1) is 11.3 Å². The number of hydrogen-bond acceptors (Lipinski definition) is 5. The normalized spacial score (nSPS) is 17.3. The van der Waals surface area contributed by atoms with Gasteiger partial charge >= 0.3 is 6.03 Å². The molecule has 25 heavy (non-hydrogen) atoms. The number of nitrogens with one attached hydrogen (secondary N) is 1. The van der Waals surface area contributed by atoms with E-state index >= 15 is 0 Å². The van der Waals surface area contributed by atoms with Crippen LogP contribution in [0.1, 0.15) is 18.5 Å². The van der Waals surface area contributed by atoms with Gasteiger partial charge in [-0.3, -0.25) is 9.78 Å². The van der Waals surface area contributed by atoms with E-state index in [-0.39, 0.29) is 11.8 Å². The third kappa shape index (κ3) is 4.54. The largest absolute Gasteiger partial charge is 0.355 e. The lowest BCUT2D eigenvalue weighted by Crippen LogP contribution is -2.47. The van der Waals surface area contributed by atoms with Crippen LogP contribution in [0.2, 0.25) is 0 Å². The molecule has 0 unspecified atom stereocenters. The van der Waals surface area contributed by atoms with Crippen molar-refractivity contribution in [1.29, 1.82) is 0 Å². The van der Waals surface area contributed by atoms with E-state index in [4.69, 9.17) is 5.73 Å². The fourth-order valence-electron chi connectivity index (χ4n) is 2.90. The Morgan fingerprint density at radius 2 is 2.16 bits per heavy atom. The fourth-order valence-corrected chi connectivity index (χ4v) is 3.76. The maximum absolute atomic E-state index is 12.3. The molecule has 3 amide bonds. The van der Waals surface area contributed by atoms with Gasteiger partial charge in [0.1, 0.15) is 5.01 Å². The molecule has 1 atom stereocenters. The maximum Gasteiger partial charge on any atom is 0.314 e. The van der Waals surface area contributed by atoms with Crippen molar-refractivity contribution in [3.05, 3.63) is 35.6 Å². The van der Waals surface area contributed by atoms with Crippen LogP contribution < -0.4 is 11.1 Å². The summed E-state index contributed by atoms with van der Waals surface area (Å²) in [7, 11) is 0. The van der Waals surface area contributed by atoms with E-state index in [1.165, 1.54) is 4.90 Å². The number of carbonyl (C=O) groups is 2. The molecule has 7 nitrogen and oxygen atoms in total. The molecule has 132 valence electrons. The molecule has 2 aromatic rings. The summed E-state index contributed by atoms with van der Waals surface area (Å²) in [4.78, 5) is 33.7. The van der Waals surface area contributed by atoms with Crippen LogP contribution in [0.25, 0.3) is 10.6 Å². The van der Waals surface area contributed by atoms with E-state index in [1.54, 1.807) is 23.7 Å². The van der Waals surface area contributed by atoms with Gasteiger partial charge in [-0.05, 0) is 25.0 Å². The van der Waals surface area contributed by atoms with Crippen LogP contribution in [-0.2, 0) is 11.2 Å². The SMILES string of the molecule is NC(=O)N1CCC[C@@H](C(=O)NCCc2csc(-c3ccncc3)n2)C1. The Labute approximate surface area is 150 Å². The van der Waals surface area contributed by atoms with Gasteiger partial charge in [0.15, 0.2) is 0 Å². The first-order valence-corrected chi connectivity index (χ1v) is 9.18. The number of aromatic nitrogens is 2. The number of nitrogens with zero attached hydrogens (tertiary/aromatic N) is 3.